The van der Waals surface area contributed by atoms with Crippen LogP contribution in [0.3, 0.4) is 0 Å². The van der Waals surface area contributed by atoms with E-state index in [1.807, 2.05) is 30.6 Å². The van der Waals surface area contributed by atoms with E-state index in [0.717, 1.165) is 17.0 Å². The molecule has 0 atom stereocenters. The molecule has 0 N–H and O–H groups in total. The van der Waals surface area contributed by atoms with Gasteiger partial charge in [-0.1, -0.05) is 6.07 Å². The number of ether oxygens (including phenoxy) is 1. The third-order valence-corrected chi connectivity index (χ3v) is 2.21. The van der Waals surface area contributed by atoms with Gasteiger partial charge in [-0.3, -0.25) is 0 Å². The molecular formula is C10H12N2O. The van der Waals surface area contributed by atoms with Crippen molar-refractivity contribution in [2.45, 2.75) is 13.8 Å². The zero-order chi connectivity index (χ0) is 9.42. The minimum Gasteiger partial charge on any atom is -0.481 e. The van der Waals surface area contributed by atoms with Gasteiger partial charge in [0, 0.05) is 5.56 Å². The molecule has 0 saturated heterocycles. The first kappa shape index (κ1) is 8.10. The molecule has 0 bridgehead atoms. The van der Waals surface area contributed by atoms with E-state index < -0.39 is 0 Å². The molecule has 0 aliphatic carbocycles. The summed E-state index contributed by atoms with van der Waals surface area (Å²) in [5.74, 6) is 0.811. The molecule has 2 aromatic rings. The Bertz CT molecular complexity index is 445. The second-order valence-electron chi connectivity index (χ2n) is 3.15. The van der Waals surface area contributed by atoms with Crippen molar-refractivity contribution in [2.24, 2.45) is 0 Å². The van der Waals surface area contributed by atoms with Gasteiger partial charge in [0.2, 0.25) is 5.88 Å². The Morgan fingerprint density at radius 3 is 2.69 bits per heavy atom. The first-order valence-corrected chi connectivity index (χ1v) is 4.22. The highest BCUT2D eigenvalue weighted by Crippen LogP contribution is 2.20. The zero-order valence-electron chi connectivity index (χ0n) is 8.03. The molecule has 2 rings (SSSR count). The Kier molecular flexibility index (Phi) is 1.72. The fraction of sp³-hybridized carbons (Fsp3) is 0.300. The van der Waals surface area contributed by atoms with Crippen molar-refractivity contribution in [3.63, 3.8) is 0 Å². The number of rotatable bonds is 1. The maximum absolute atomic E-state index is 5.27. The van der Waals surface area contributed by atoms with Crippen molar-refractivity contribution in [1.29, 1.82) is 0 Å². The Labute approximate surface area is 76.9 Å². The highest BCUT2D eigenvalue weighted by Gasteiger charge is 2.06. The third kappa shape index (κ3) is 1.08. The van der Waals surface area contributed by atoms with E-state index in [9.17, 15) is 0 Å². The van der Waals surface area contributed by atoms with E-state index in [2.05, 4.69) is 11.2 Å². The molecular weight excluding hydrogens is 164 g/mol. The fourth-order valence-electron chi connectivity index (χ4n) is 1.49. The molecule has 3 nitrogen and oxygen atoms in total. The van der Waals surface area contributed by atoms with Gasteiger partial charge in [0.05, 0.1) is 18.8 Å². The average molecular weight is 176 g/mol. The van der Waals surface area contributed by atoms with Crippen LogP contribution in [0.2, 0.25) is 0 Å². The zero-order valence-corrected chi connectivity index (χ0v) is 8.03. The van der Waals surface area contributed by atoms with Crippen LogP contribution < -0.4 is 4.74 Å². The van der Waals surface area contributed by atoms with E-state index in [4.69, 9.17) is 4.74 Å². The normalized spacial score (nSPS) is 10.7. The van der Waals surface area contributed by atoms with E-state index in [-0.39, 0.29) is 0 Å². The summed E-state index contributed by atoms with van der Waals surface area (Å²) in [7, 11) is 1.67. The van der Waals surface area contributed by atoms with Gasteiger partial charge in [-0.15, -0.1) is 0 Å². The van der Waals surface area contributed by atoms with Gasteiger partial charge in [0.1, 0.15) is 0 Å². The van der Waals surface area contributed by atoms with Crippen LogP contribution in [0.5, 0.6) is 5.88 Å². The number of aromatic nitrogens is 2. The minimum atomic E-state index is 0.811. The Morgan fingerprint density at radius 2 is 2.00 bits per heavy atom. The molecule has 0 saturated carbocycles. The van der Waals surface area contributed by atoms with Crippen molar-refractivity contribution < 1.29 is 4.74 Å². The van der Waals surface area contributed by atoms with Gasteiger partial charge >= 0.3 is 0 Å². The lowest BCUT2D eigenvalue weighted by molar-refractivity contribution is 0.382. The van der Waals surface area contributed by atoms with E-state index >= 15 is 0 Å². The van der Waals surface area contributed by atoms with Crippen LogP contribution in [0.4, 0.5) is 0 Å². The molecule has 2 heterocycles. The predicted molar refractivity (Wildman–Crippen MR) is 51.2 cm³/mol. The summed E-state index contributed by atoms with van der Waals surface area (Å²) < 4.78 is 7.10. The SMILES string of the molecule is COc1c(C)ccc2c(C)cnn12. The Morgan fingerprint density at radius 1 is 1.23 bits per heavy atom. The van der Waals surface area contributed by atoms with Gasteiger partial charge in [-0.05, 0) is 25.5 Å². The van der Waals surface area contributed by atoms with Gasteiger partial charge < -0.3 is 4.74 Å². The largest absolute Gasteiger partial charge is 0.481 e. The van der Waals surface area contributed by atoms with Crippen LogP contribution in [-0.4, -0.2) is 16.7 Å². The van der Waals surface area contributed by atoms with Crippen molar-refractivity contribution >= 4 is 5.52 Å². The molecule has 0 unspecified atom stereocenters. The monoisotopic (exact) mass is 176 g/mol. The third-order valence-electron chi connectivity index (χ3n) is 2.21. The van der Waals surface area contributed by atoms with Crippen molar-refractivity contribution in [1.82, 2.24) is 9.61 Å². The Hall–Kier alpha value is -1.51. The number of nitrogens with zero attached hydrogens (tertiary/aromatic N) is 2. The molecule has 0 amide bonds. The highest BCUT2D eigenvalue weighted by molar-refractivity contribution is 5.56. The van der Waals surface area contributed by atoms with E-state index in [1.54, 1.807) is 7.11 Å². The lowest BCUT2D eigenvalue weighted by atomic mass is 10.2. The second-order valence-corrected chi connectivity index (χ2v) is 3.15. The summed E-state index contributed by atoms with van der Waals surface area (Å²) >= 11 is 0. The smallest absolute Gasteiger partial charge is 0.217 e. The van der Waals surface area contributed by atoms with Gasteiger partial charge in [0.25, 0.3) is 0 Å². The van der Waals surface area contributed by atoms with Gasteiger partial charge in [0.15, 0.2) is 0 Å². The molecule has 3 heteroatoms. The molecule has 68 valence electrons. The molecule has 0 aliphatic heterocycles. The van der Waals surface area contributed by atoms with Gasteiger partial charge in [-0.25, -0.2) is 4.52 Å². The number of fused-ring (bicyclic) bond motifs is 1. The summed E-state index contributed by atoms with van der Waals surface area (Å²) in [6.07, 6.45) is 1.84. The fourth-order valence-corrected chi connectivity index (χ4v) is 1.49. The molecule has 0 spiro atoms. The summed E-state index contributed by atoms with van der Waals surface area (Å²) in [6, 6.07) is 4.10. The standard InChI is InChI=1S/C10H12N2O/c1-7-4-5-9-8(2)6-11-12(9)10(7)13-3/h4-6H,1-3H3. The second kappa shape index (κ2) is 2.76. The van der Waals surface area contributed by atoms with Crippen molar-refractivity contribution in [3.05, 3.63) is 29.5 Å². The molecule has 0 fully saturated rings. The van der Waals surface area contributed by atoms with Gasteiger partial charge in [-0.2, -0.15) is 5.10 Å². The van der Waals surface area contributed by atoms with Crippen LogP contribution in [0.25, 0.3) is 5.52 Å². The molecule has 13 heavy (non-hydrogen) atoms. The molecule has 0 radical (unpaired) electrons. The summed E-state index contributed by atoms with van der Waals surface area (Å²) in [5.41, 5.74) is 3.36. The van der Waals surface area contributed by atoms with E-state index in [0.29, 0.717) is 0 Å². The number of aryl methyl sites for hydroxylation is 2. The van der Waals surface area contributed by atoms with Crippen molar-refractivity contribution in [3.8, 4) is 5.88 Å². The first-order chi connectivity index (χ1) is 6.24. The first-order valence-electron chi connectivity index (χ1n) is 4.22. The quantitative estimate of drug-likeness (QED) is 0.664. The van der Waals surface area contributed by atoms with Crippen LogP contribution in [0.15, 0.2) is 18.3 Å². The predicted octanol–water partition coefficient (Wildman–Crippen LogP) is 1.96. The lowest BCUT2D eigenvalue weighted by Crippen LogP contribution is -1.97. The topological polar surface area (TPSA) is 26.5 Å². The Balaban J connectivity index is 2.85. The number of hydrogen-bond donors (Lipinski definition) is 0. The van der Waals surface area contributed by atoms with Crippen LogP contribution >= 0.6 is 0 Å². The summed E-state index contributed by atoms with van der Waals surface area (Å²) in [4.78, 5) is 0. The minimum absolute atomic E-state index is 0.811. The molecule has 2 aromatic heterocycles. The number of methoxy groups -OCH3 is 1. The van der Waals surface area contributed by atoms with Crippen LogP contribution in [0.1, 0.15) is 11.1 Å². The maximum Gasteiger partial charge on any atom is 0.217 e. The molecule has 0 aliphatic rings. The average Bonchev–Trinajstić information content (AvgIpc) is 2.48. The summed E-state index contributed by atoms with van der Waals surface area (Å²) in [6.45, 7) is 4.05. The van der Waals surface area contributed by atoms with E-state index in [1.165, 1.54) is 5.56 Å². The maximum atomic E-state index is 5.27. The molecule has 0 aromatic carbocycles. The highest BCUT2D eigenvalue weighted by atomic mass is 16.5. The number of pyridine rings is 1. The lowest BCUT2D eigenvalue weighted by Gasteiger charge is -2.06. The van der Waals surface area contributed by atoms with Crippen molar-refractivity contribution in [2.75, 3.05) is 7.11 Å². The number of hydrogen-bond acceptors (Lipinski definition) is 2. The van der Waals surface area contributed by atoms with Crippen LogP contribution in [-0.2, 0) is 0 Å². The summed E-state index contributed by atoms with van der Waals surface area (Å²) in [5, 5.41) is 4.24. The van der Waals surface area contributed by atoms with Crippen LogP contribution in [0, 0.1) is 13.8 Å².